The third kappa shape index (κ3) is 5.07. The second kappa shape index (κ2) is 7.20. The summed E-state index contributed by atoms with van der Waals surface area (Å²) in [5.74, 6) is 0. The number of hydrogen-bond acceptors (Lipinski definition) is 4. The Hall–Kier alpha value is -0.680. The van der Waals surface area contributed by atoms with Crippen LogP contribution >= 0.6 is 11.6 Å². The predicted molar refractivity (Wildman–Crippen MR) is 79.5 cm³/mol. The highest BCUT2D eigenvalue weighted by molar-refractivity contribution is 6.29. The third-order valence-electron chi connectivity index (χ3n) is 3.62. The van der Waals surface area contributed by atoms with E-state index in [0.717, 1.165) is 51.5 Å². The third-order valence-corrected chi connectivity index (χ3v) is 3.83. The van der Waals surface area contributed by atoms with E-state index in [2.05, 4.69) is 33.8 Å². The minimum absolute atomic E-state index is 0.580. The molecular formula is C14H23ClN4. The molecule has 0 atom stereocenters. The molecule has 1 aliphatic rings. The summed E-state index contributed by atoms with van der Waals surface area (Å²) < 4.78 is 0. The SMILES string of the molecule is CN1CCN(C)CCN(Cc2cccc(Cl)n2)CC1. The maximum absolute atomic E-state index is 5.95. The molecule has 19 heavy (non-hydrogen) atoms. The minimum atomic E-state index is 0.580. The zero-order chi connectivity index (χ0) is 13.7. The van der Waals surface area contributed by atoms with Gasteiger partial charge >= 0.3 is 0 Å². The first-order chi connectivity index (χ1) is 9.13. The average molecular weight is 283 g/mol. The predicted octanol–water partition coefficient (Wildman–Crippen LogP) is 1.41. The van der Waals surface area contributed by atoms with Gasteiger partial charge in [-0.1, -0.05) is 17.7 Å². The van der Waals surface area contributed by atoms with Crippen molar-refractivity contribution in [1.29, 1.82) is 0 Å². The first-order valence-electron chi connectivity index (χ1n) is 6.84. The van der Waals surface area contributed by atoms with Crippen molar-refractivity contribution in [3.8, 4) is 0 Å². The molecule has 0 saturated carbocycles. The fourth-order valence-corrected chi connectivity index (χ4v) is 2.41. The van der Waals surface area contributed by atoms with Gasteiger partial charge in [-0.25, -0.2) is 4.98 Å². The van der Waals surface area contributed by atoms with Crippen LogP contribution in [0.3, 0.4) is 0 Å². The minimum Gasteiger partial charge on any atom is -0.304 e. The summed E-state index contributed by atoms with van der Waals surface area (Å²) in [6.07, 6.45) is 0. The van der Waals surface area contributed by atoms with Crippen LogP contribution in [0.4, 0.5) is 0 Å². The molecule has 0 bridgehead atoms. The van der Waals surface area contributed by atoms with Gasteiger partial charge < -0.3 is 9.80 Å². The Labute approximate surface area is 121 Å². The Kier molecular flexibility index (Phi) is 5.58. The molecule has 2 heterocycles. The van der Waals surface area contributed by atoms with E-state index in [1.54, 1.807) is 0 Å². The summed E-state index contributed by atoms with van der Waals surface area (Å²) in [5, 5.41) is 0.580. The van der Waals surface area contributed by atoms with Gasteiger partial charge in [0.15, 0.2) is 0 Å². The Balaban J connectivity index is 1.96. The highest BCUT2D eigenvalue weighted by Crippen LogP contribution is 2.08. The van der Waals surface area contributed by atoms with E-state index in [4.69, 9.17) is 11.6 Å². The molecule has 106 valence electrons. The quantitative estimate of drug-likeness (QED) is 0.765. The maximum Gasteiger partial charge on any atom is 0.129 e. The van der Waals surface area contributed by atoms with Crippen molar-refractivity contribution in [3.63, 3.8) is 0 Å². The molecular weight excluding hydrogens is 260 g/mol. The van der Waals surface area contributed by atoms with Gasteiger partial charge in [0.1, 0.15) is 5.15 Å². The molecule has 0 aromatic carbocycles. The van der Waals surface area contributed by atoms with Gasteiger partial charge in [-0.3, -0.25) is 4.90 Å². The van der Waals surface area contributed by atoms with Crippen LogP contribution in [0.2, 0.25) is 5.15 Å². The second-order valence-corrected chi connectivity index (χ2v) is 5.72. The zero-order valence-electron chi connectivity index (χ0n) is 11.8. The fourth-order valence-electron chi connectivity index (χ4n) is 2.23. The summed E-state index contributed by atoms with van der Waals surface area (Å²) in [7, 11) is 4.38. The molecule has 5 heteroatoms. The van der Waals surface area contributed by atoms with Crippen LogP contribution in [-0.4, -0.2) is 73.0 Å². The van der Waals surface area contributed by atoms with Crippen LogP contribution in [0, 0.1) is 0 Å². The normalized spacial score (nSPS) is 20.8. The lowest BCUT2D eigenvalue weighted by molar-refractivity contribution is 0.226. The van der Waals surface area contributed by atoms with E-state index < -0.39 is 0 Å². The topological polar surface area (TPSA) is 22.6 Å². The number of nitrogens with zero attached hydrogens (tertiary/aromatic N) is 4. The zero-order valence-corrected chi connectivity index (χ0v) is 12.6. The summed E-state index contributed by atoms with van der Waals surface area (Å²) >= 11 is 5.95. The molecule has 0 amide bonds. The molecule has 0 radical (unpaired) electrons. The molecule has 0 spiro atoms. The van der Waals surface area contributed by atoms with E-state index >= 15 is 0 Å². The number of hydrogen-bond donors (Lipinski definition) is 0. The molecule has 1 fully saturated rings. The number of rotatable bonds is 2. The summed E-state index contributed by atoms with van der Waals surface area (Å²) in [5.41, 5.74) is 1.05. The molecule has 4 nitrogen and oxygen atoms in total. The van der Waals surface area contributed by atoms with Crippen molar-refractivity contribution in [2.45, 2.75) is 6.54 Å². The van der Waals surface area contributed by atoms with Crippen molar-refractivity contribution in [1.82, 2.24) is 19.7 Å². The Bertz CT molecular complexity index is 385. The molecule has 2 rings (SSSR count). The lowest BCUT2D eigenvalue weighted by Gasteiger charge is -2.23. The van der Waals surface area contributed by atoms with Gasteiger partial charge in [-0.2, -0.15) is 0 Å². The lowest BCUT2D eigenvalue weighted by atomic mass is 10.3. The molecule has 1 aliphatic heterocycles. The standard InChI is InChI=1S/C14H23ClN4/c1-17-6-7-18(2)9-11-19(10-8-17)12-13-4-3-5-14(15)16-13/h3-5H,6-12H2,1-2H3. The summed E-state index contributed by atoms with van der Waals surface area (Å²) in [6, 6.07) is 5.84. The summed E-state index contributed by atoms with van der Waals surface area (Å²) in [6.45, 7) is 7.53. The van der Waals surface area contributed by atoms with Crippen LogP contribution < -0.4 is 0 Å². The largest absolute Gasteiger partial charge is 0.304 e. The number of pyridine rings is 1. The van der Waals surface area contributed by atoms with Gasteiger partial charge in [-0.05, 0) is 26.2 Å². The molecule has 1 saturated heterocycles. The molecule has 1 aromatic rings. The maximum atomic E-state index is 5.95. The number of halogens is 1. The highest BCUT2D eigenvalue weighted by atomic mass is 35.5. The fraction of sp³-hybridized carbons (Fsp3) is 0.643. The van der Waals surface area contributed by atoms with Gasteiger partial charge in [0.05, 0.1) is 5.69 Å². The van der Waals surface area contributed by atoms with Crippen molar-refractivity contribution in [3.05, 3.63) is 29.0 Å². The number of likely N-dealkylation sites (N-methyl/N-ethyl adjacent to an activating group) is 2. The molecule has 1 aromatic heterocycles. The van der Waals surface area contributed by atoms with Crippen molar-refractivity contribution < 1.29 is 0 Å². The van der Waals surface area contributed by atoms with E-state index in [1.807, 2.05) is 18.2 Å². The Morgan fingerprint density at radius 2 is 1.58 bits per heavy atom. The highest BCUT2D eigenvalue weighted by Gasteiger charge is 2.13. The van der Waals surface area contributed by atoms with Crippen molar-refractivity contribution >= 4 is 11.6 Å². The van der Waals surface area contributed by atoms with E-state index in [-0.39, 0.29) is 0 Å². The van der Waals surface area contributed by atoms with Gasteiger partial charge in [0, 0.05) is 45.8 Å². The van der Waals surface area contributed by atoms with Crippen molar-refractivity contribution in [2.75, 3.05) is 53.4 Å². The van der Waals surface area contributed by atoms with Gasteiger partial charge in [-0.15, -0.1) is 0 Å². The second-order valence-electron chi connectivity index (χ2n) is 5.33. The van der Waals surface area contributed by atoms with Crippen LogP contribution in [-0.2, 0) is 6.54 Å². The smallest absolute Gasteiger partial charge is 0.129 e. The molecule has 0 aliphatic carbocycles. The van der Waals surface area contributed by atoms with Crippen molar-refractivity contribution in [2.24, 2.45) is 0 Å². The molecule has 0 N–H and O–H groups in total. The van der Waals surface area contributed by atoms with E-state index in [9.17, 15) is 0 Å². The Morgan fingerprint density at radius 3 is 2.16 bits per heavy atom. The molecule has 0 unspecified atom stereocenters. The monoisotopic (exact) mass is 282 g/mol. The van der Waals surface area contributed by atoms with E-state index in [0.29, 0.717) is 5.15 Å². The lowest BCUT2D eigenvalue weighted by Crippen LogP contribution is -2.34. The van der Waals surface area contributed by atoms with Gasteiger partial charge in [0.2, 0.25) is 0 Å². The first-order valence-corrected chi connectivity index (χ1v) is 7.22. The first kappa shape index (κ1) is 14.7. The average Bonchev–Trinajstić information content (AvgIpc) is 2.45. The van der Waals surface area contributed by atoms with Crippen LogP contribution in [0.1, 0.15) is 5.69 Å². The Morgan fingerprint density at radius 1 is 1.00 bits per heavy atom. The van der Waals surface area contributed by atoms with Crippen LogP contribution in [0.15, 0.2) is 18.2 Å². The van der Waals surface area contributed by atoms with Crippen LogP contribution in [0.5, 0.6) is 0 Å². The summed E-state index contributed by atoms with van der Waals surface area (Å²) in [4.78, 5) is 11.6. The van der Waals surface area contributed by atoms with Crippen LogP contribution in [0.25, 0.3) is 0 Å². The number of aromatic nitrogens is 1. The van der Waals surface area contributed by atoms with Gasteiger partial charge in [0.25, 0.3) is 0 Å². The van der Waals surface area contributed by atoms with E-state index in [1.165, 1.54) is 0 Å².